The van der Waals surface area contributed by atoms with Crippen molar-refractivity contribution < 1.29 is 4.39 Å². The van der Waals surface area contributed by atoms with E-state index >= 15 is 0 Å². The minimum atomic E-state index is -0.434. The van der Waals surface area contributed by atoms with E-state index in [4.69, 9.17) is 5.73 Å². The fourth-order valence-electron chi connectivity index (χ4n) is 1.44. The number of pyridine rings is 1. The molecule has 1 aromatic rings. The highest BCUT2D eigenvalue weighted by atomic mass is 35.5. The molecule has 1 aromatic heterocycles. The van der Waals surface area contributed by atoms with E-state index in [1.54, 1.807) is 12.1 Å². The van der Waals surface area contributed by atoms with Crippen LogP contribution in [0.5, 0.6) is 0 Å². The van der Waals surface area contributed by atoms with E-state index in [1.807, 2.05) is 0 Å². The summed E-state index contributed by atoms with van der Waals surface area (Å²) in [5.41, 5.74) is 6.39. The number of hydrogen-bond donors (Lipinski definition) is 1. The highest BCUT2D eigenvalue weighted by Crippen LogP contribution is 2.18. The lowest BCUT2D eigenvalue weighted by Gasteiger charge is -2.11. The van der Waals surface area contributed by atoms with Crippen LogP contribution in [0, 0.1) is 5.95 Å². The number of nitrogens with two attached hydrogens (primary N) is 1. The van der Waals surface area contributed by atoms with Crippen LogP contribution in [0.25, 0.3) is 0 Å². The molecule has 0 saturated carbocycles. The van der Waals surface area contributed by atoms with Gasteiger partial charge in [-0.05, 0) is 12.5 Å². The molecule has 0 spiro atoms. The predicted octanol–water partition coefficient (Wildman–Crippen LogP) is 3.22. The lowest BCUT2D eigenvalue weighted by molar-refractivity contribution is 0.517. The van der Waals surface area contributed by atoms with Gasteiger partial charge in [-0.2, -0.15) is 4.39 Å². The molecule has 1 rings (SSSR count). The summed E-state index contributed by atoms with van der Waals surface area (Å²) in [6.07, 6.45) is 5.62. The summed E-state index contributed by atoms with van der Waals surface area (Å²) < 4.78 is 13.2. The molecule has 2 N–H and O–H groups in total. The van der Waals surface area contributed by atoms with Crippen LogP contribution < -0.4 is 5.73 Å². The van der Waals surface area contributed by atoms with Crippen LogP contribution >= 0.6 is 12.4 Å². The second-order valence-electron chi connectivity index (χ2n) is 3.49. The molecule has 0 bridgehead atoms. The van der Waals surface area contributed by atoms with Crippen molar-refractivity contribution in [3.05, 3.63) is 29.8 Å². The molecule has 86 valence electrons. The van der Waals surface area contributed by atoms with Gasteiger partial charge in [0.2, 0.25) is 5.95 Å². The van der Waals surface area contributed by atoms with Gasteiger partial charge in [-0.25, -0.2) is 4.98 Å². The second kappa shape index (κ2) is 7.60. The molecule has 2 nitrogen and oxygen atoms in total. The Hall–Kier alpha value is -0.670. The van der Waals surface area contributed by atoms with Gasteiger partial charge < -0.3 is 5.73 Å². The minimum absolute atomic E-state index is 0. The SMILES string of the molecule is CCCCC[C@H](N)c1cccnc1F.Cl. The lowest BCUT2D eigenvalue weighted by atomic mass is 10.0. The molecule has 0 aliphatic heterocycles. The first-order valence-corrected chi connectivity index (χ1v) is 5.11. The molecular weight excluding hydrogens is 215 g/mol. The number of rotatable bonds is 5. The first-order chi connectivity index (χ1) is 6.75. The van der Waals surface area contributed by atoms with E-state index in [0.717, 1.165) is 25.7 Å². The summed E-state index contributed by atoms with van der Waals surface area (Å²) >= 11 is 0. The Labute approximate surface area is 96.5 Å². The molecule has 0 unspecified atom stereocenters. The molecule has 0 amide bonds. The Morgan fingerprint density at radius 3 is 2.80 bits per heavy atom. The van der Waals surface area contributed by atoms with Crippen LogP contribution in [-0.4, -0.2) is 4.98 Å². The van der Waals surface area contributed by atoms with Crippen LogP contribution in [0.3, 0.4) is 0 Å². The number of hydrogen-bond acceptors (Lipinski definition) is 2. The van der Waals surface area contributed by atoms with Crippen LogP contribution in [0.4, 0.5) is 4.39 Å². The summed E-state index contributed by atoms with van der Waals surface area (Å²) in [6, 6.07) is 3.21. The van der Waals surface area contributed by atoms with Gasteiger partial charge in [0.15, 0.2) is 0 Å². The highest BCUT2D eigenvalue weighted by Gasteiger charge is 2.10. The zero-order chi connectivity index (χ0) is 10.4. The minimum Gasteiger partial charge on any atom is -0.324 e. The van der Waals surface area contributed by atoms with Crippen molar-refractivity contribution in [2.24, 2.45) is 5.73 Å². The Morgan fingerprint density at radius 1 is 1.47 bits per heavy atom. The number of halogens is 2. The molecule has 4 heteroatoms. The number of aromatic nitrogens is 1. The third kappa shape index (κ3) is 4.58. The van der Waals surface area contributed by atoms with Crippen LogP contribution in [-0.2, 0) is 0 Å². The molecule has 1 heterocycles. The van der Waals surface area contributed by atoms with Gasteiger partial charge in [0.05, 0.1) is 0 Å². The monoisotopic (exact) mass is 232 g/mol. The van der Waals surface area contributed by atoms with Gasteiger partial charge in [0.25, 0.3) is 0 Å². The molecule has 0 aliphatic carbocycles. The topological polar surface area (TPSA) is 38.9 Å². The van der Waals surface area contributed by atoms with Gasteiger partial charge in [0, 0.05) is 17.8 Å². The Kier molecular flexibility index (Phi) is 7.26. The van der Waals surface area contributed by atoms with Crippen LogP contribution in [0.1, 0.15) is 44.2 Å². The first-order valence-electron chi connectivity index (χ1n) is 5.11. The molecule has 0 radical (unpaired) electrons. The summed E-state index contributed by atoms with van der Waals surface area (Å²) in [5, 5.41) is 0. The largest absolute Gasteiger partial charge is 0.324 e. The smallest absolute Gasteiger partial charge is 0.217 e. The standard InChI is InChI=1S/C11H17FN2.ClH/c1-2-3-4-7-10(13)9-6-5-8-14-11(9)12;/h5-6,8,10H,2-4,7,13H2,1H3;1H/t10-;/m0./s1. The van der Waals surface area contributed by atoms with E-state index < -0.39 is 5.95 Å². The zero-order valence-corrected chi connectivity index (χ0v) is 9.77. The molecular formula is C11H18ClFN2. The van der Waals surface area contributed by atoms with Gasteiger partial charge in [0.1, 0.15) is 0 Å². The normalized spacial score (nSPS) is 11.9. The van der Waals surface area contributed by atoms with Crippen LogP contribution in [0.2, 0.25) is 0 Å². The van der Waals surface area contributed by atoms with Crippen molar-refractivity contribution in [1.29, 1.82) is 0 Å². The molecule has 1 atom stereocenters. The summed E-state index contributed by atoms with van der Waals surface area (Å²) in [6.45, 7) is 2.14. The maximum atomic E-state index is 13.2. The maximum absolute atomic E-state index is 13.2. The molecule has 0 aliphatic rings. The summed E-state index contributed by atoms with van der Waals surface area (Å²) in [7, 11) is 0. The fraction of sp³-hybridized carbons (Fsp3) is 0.545. The van der Waals surface area contributed by atoms with Crippen molar-refractivity contribution in [1.82, 2.24) is 4.98 Å². The Balaban J connectivity index is 0.00000196. The van der Waals surface area contributed by atoms with Gasteiger partial charge in [-0.15, -0.1) is 12.4 Å². The first kappa shape index (κ1) is 14.3. The van der Waals surface area contributed by atoms with E-state index in [0.29, 0.717) is 5.56 Å². The third-order valence-corrected chi connectivity index (χ3v) is 2.31. The molecule has 0 saturated heterocycles. The average molecular weight is 233 g/mol. The van der Waals surface area contributed by atoms with Gasteiger partial charge >= 0.3 is 0 Å². The number of nitrogens with zero attached hydrogens (tertiary/aromatic N) is 1. The van der Waals surface area contributed by atoms with Crippen molar-refractivity contribution in [2.75, 3.05) is 0 Å². The van der Waals surface area contributed by atoms with Crippen LogP contribution in [0.15, 0.2) is 18.3 Å². The average Bonchev–Trinajstić information content (AvgIpc) is 2.18. The number of unbranched alkanes of at least 4 members (excludes halogenated alkanes) is 2. The predicted molar refractivity (Wildman–Crippen MR) is 62.5 cm³/mol. The van der Waals surface area contributed by atoms with Crippen molar-refractivity contribution in [3.8, 4) is 0 Å². The van der Waals surface area contributed by atoms with Gasteiger partial charge in [-0.1, -0.05) is 32.3 Å². The van der Waals surface area contributed by atoms with E-state index in [2.05, 4.69) is 11.9 Å². The highest BCUT2D eigenvalue weighted by molar-refractivity contribution is 5.85. The summed E-state index contributed by atoms with van der Waals surface area (Å²) in [4.78, 5) is 3.58. The van der Waals surface area contributed by atoms with E-state index in [1.165, 1.54) is 6.20 Å². The fourth-order valence-corrected chi connectivity index (χ4v) is 1.44. The quantitative estimate of drug-likeness (QED) is 0.625. The molecule has 15 heavy (non-hydrogen) atoms. The van der Waals surface area contributed by atoms with Crippen molar-refractivity contribution in [2.45, 2.75) is 38.6 Å². The molecule has 0 fully saturated rings. The maximum Gasteiger partial charge on any atom is 0.217 e. The van der Waals surface area contributed by atoms with E-state index in [9.17, 15) is 4.39 Å². The summed E-state index contributed by atoms with van der Waals surface area (Å²) in [5.74, 6) is -0.434. The van der Waals surface area contributed by atoms with Crippen molar-refractivity contribution >= 4 is 12.4 Å². The third-order valence-electron chi connectivity index (χ3n) is 2.31. The zero-order valence-electron chi connectivity index (χ0n) is 8.95. The molecule has 0 aromatic carbocycles. The Bertz CT molecular complexity index is 281. The van der Waals surface area contributed by atoms with Crippen molar-refractivity contribution in [3.63, 3.8) is 0 Å². The lowest BCUT2D eigenvalue weighted by Crippen LogP contribution is -2.12. The second-order valence-corrected chi connectivity index (χ2v) is 3.49. The Morgan fingerprint density at radius 2 is 2.20 bits per heavy atom. The van der Waals surface area contributed by atoms with E-state index in [-0.39, 0.29) is 18.4 Å². The van der Waals surface area contributed by atoms with Gasteiger partial charge in [-0.3, -0.25) is 0 Å².